The lowest BCUT2D eigenvalue weighted by molar-refractivity contribution is -0.150. The molecule has 2 amide bonds. The number of aliphatic hydroxyl groups is 2. The van der Waals surface area contributed by atoms with E-state index in [1.54, 1.807) is 14.2 Å². The average Bonchev–Trinajstić information content (AvgIpc) is 3.78. The van der Waals surface area contributed by atoms with Crippen LogP contribution in [-0.4, -0.2) is 92.9 Å². The summed E-state index contributed by atoms with van der Waals surface area (Å²) in [6.07, 6.45) is 46.6. The number of ether oxygens (including phenoxy) is 2. The van der Waals surface area contributed by atoms with Gasteiger partial charge >= 0.3 is 5.97 Å². The largest absolute Gasteiger partial charge is 0.460 e. The molecule has 66 heavy (non-hydrogen) atoms. The number of carbonyl (C=O) groups excluding carboxylic acids is 4. The van der Waals surface area contributed by atoms with E-state index in [0.717, 1.165) is 58.3 Å². The Bertz CT molecular complexity index is 966. The second-order valence-corrected chi connectivity index (χ2v) is 18.9. The third kappa shape index (κ3) is 62.0. The van der Waals surface area contributed by atoms with E-state index in [9.17, 15) is 19.2 Å². The van der Waals surface area contributed by atoms with E-state index < -0.39 is 0 Å². The molecule has 0 spiro atoms. The molecule has 10 nitrogen and oxygen atoms in total. The molecule has 0 radical (unpaired) electrons. The quantitative estimate of drug-likeness (QED) is 0.0312. The molecule has 1 heterocycles. The van der Waals surface area contributed by atoms with Crippen LogP contribution in [0.25, 0.3) is 0 Å². The van der Waals surface area contributed by atoms with Crippen LogP contribution in [-0.2, 0) is 28.7 Å². The number of hydrogen-bond acceptors (Lipinski definition) is 8. The first-order valence-electron chi connectivity index (χ1n) is 27.8. The molecular weight excluding hydrogens is 829 g/mol. The fourth-order valence-electron chi connectivity index (χ4n) is 7.67. The lowest BCUT2D eigenvalue weighted by Crippen LogP contribution is -2.31. The topological polar surface area (TPSA) is 142 Å². The molecule has 1 rings (SSSR count). The summed E-state index contributed by atoms with van der Waals surface area (Å²) in [4.78, 5) is 48.2. The van der Waals surface area contributed by atoms with Gasteiger partial charge in [0.05, 0.1) is 13.0 Å². The number of esters is 1. The lowest BCUT2D eigenvalue weighted by Gasteiger charge is -2.16. The number of nitrogens with one attached hydrogen (secondary N) is 1. The van der Waals surface area contributed by atoms with Gasteiger partial charge in [0.1, 0.15) is 12.4 Å². The highest BCUT2D eigenvalue weighted by molar-refractivity contribution is 5.81. The number of methoxy groups -OCH3 is 1. The maximum absolute atomic E-state index is 12.5. The number of likely N-dealkylation sites (tertiary alicyclic amines) is 1. The molecule has 1 saturated heterocycles. The standard InChI is InChI=1S/C30H56N2O4.C18H36O.C5H12O.C2H6O.CH4O/c1-3-5-7-8-9-10-11-12-13-14-15-16-17-18-19-20-29(34)32-25-23-27(26-32)36-30(35)22-21-28(33)31-24-6-4-2;1-2-3-4-5-6-7-8-9-10-11-12-13-14-15-16-17-18-19;1-5(2)3-4-6;1-3-2;1-2/h27H,3-26H2,1-2H3,(H,31,33);18H,2-17H2,1H3;5-6H,3-4H2,1-2H3;1-2H3;2H,1H3. The Morgan fingerprint density at radius 1 is 0.591 bits per heavy atom. The van der Waals surface area contributed by atoms with E-state index in [-0.39, 0.29) is 36.7 Å². The van der Waals surface area contributed by atoms with Crippen molar-refractivity contribution in [1.82, 2.24) is 10.2 Å². The number of aliphatic hydroxyl groups excluding tert-OH is 2. The van der Waals surface area contributed by atoms with Crippen molar-refractivity contribution in [1.29, 1.82) is 0 Å². The molecule has 396 valence electrons. The fraction of sp³-hybridized carbons (Fsp3) is 0.929. The highest BCUT2D eigenvalue weighted by Crippen LogP contribution is 2.18. The highest BCUT2D eigenvalue weighted by atomic mass is 16.5. The van der Waals surface area contributed by atoms with Crippen LogP contribution in [0.5, 0.6) is 0 Å². The van der Waals surface area contributed by atoms with Crippen molar-refractivity contribution < 1.29 is 38.9 Å². The Kier molecular flexibility index (Phi) is 67.3. The van der Waals surface area contributed by atoms with Crippen LogP contribution in [0.15, 0.2) is 0 Å². The van der Waals surface area contributed by atoms with Crippen LogP contribution in [0, 0.1) is 5.92 Å². The van der Waals surface area contributed by atoms with Crippen molar-refractivity contribution in [2.24, 2.45) is 5.92 Å². The number of unbranched alkanes of at least 4 members (excludes halogenated alkanes) is 30. The second kappa shape index (κ2) is 63.0. The number of rotatable bonds is 41. The van der Waals surface area contributed by atoms with Crippen molar-refractivity contribution in [3.05, 3.63) is 0 Å². The third-order valence-electron chi connectivity index (χ3n) is 11.8. The predicted octanol–water partition coefficient (Wildman–Crippen LogP) is 14.4. The first kappa shape index (κ1) is 70.5. The Morgan fingerprint density at radius 3 is 1.32 bits per heavy atom. The molecule has 1 aliphatic rings. The first-order valence-corrected chi connectivity index (χ1v) is 27.8. The molecule has 0 aliphatic carbocycles. The molecule has 0 aromatic heterocycles. The predicted molar refractivity (Wildman–Crippen MR) is 281 cm³/mol. The van der Waals surface area contributed by atoms with Crippen molar-refractivity contribution in [2.75, 3.05) is 47.6 Å². The van der Waals surface area contributed by atoms with E-state index in [0.29, 0.717) is 45.0 Å². The highest BCUT2D eigenvalue weighted by Gasteiger charge is 2.28. The summed E-state index contributed by atoms with van der Waals surface area (Å²) in [6, 6.07) is 0. The minimum Gasteiger partial charge on any atom is -0.460 e. The van der Waals surface area contributed by atoms with Gasteiger partial charge in [-0.05, 0) is 31.6 Å². The van der Waals surface area contributed by atoms with Crippen LogP contribution in [0.2, 0.25) is 0 Å². The molecule has 1 fully saturated rings. The molecular formula is C56H114N2O8. The summed E-state index contributed by atoms with van der Waals surface area (Å²) in [5, 5.41) is 18.0. The summed E-state index contributed by atoms with van der Waals surface area (Å²) in [5.74, 6) is 0.378. The Balaban J connectivity index is -0.000000531. The molecule has 0 aromatic rings. The second-order valence-electron chi connectivity index (χ2n) is 18.9. The number of carbonyl (C=O) groups is 4. The summed E-state index contributed by atoms with van der Waals surface area (Å²) < 4.78 is 9.74. The number of hydrogen-bond donors (Lipinski definition) is 3. The van der Waals surface area contributed by atoms with Crippen molar-refractivity contribution >= 4 is 24.1 Å². The number of amides is 2. The SMILES string of the molecule is CC(C)CCO.CCCCCCCCCCCCCCCCCC(=O)N1CCC(OC(=O)CCC(=O)NCCCC)C1.CCCCCCCCCCCCCCCCCC=O.CO.COC. The smallest absolute Gasteiger partial charge is 0.306 e. The van der Waals surface area contributed by atoms with Gasteiger partial charge in [0.15, 0.2) is 0 Å². The first-order chi connectivity index (χ1) is 32.2. The van der Waals surface area contributed by atoms with E-state index >= 15 is 0 Å². The van der Waals surface area contributed by atoms with Gasteiger partial charge in [0.2, 0.25) is 11.8 Å². The summed E-state index contributed by atoms with van der Waals surface area (Å²) in [6.45, 7) is 12.9. The fourth-order valence-corrected chi connectivity index (χ4v) is 7.67. The molecule has 1 aliphatic heterocycles. The van der Waals surface area contributed by atoms with Crippen molar-refractivity contribution in [3.63, 3.8) is 0 Å². The number of aldehydes is 1. The third-order valence-corrected chi connectivity index (χ3v) is 11.8. The Labute approximate surface area is 410 Å². The minimum absolute atomic E-state index is 0.0987. The van der Waals surface area contributed by atoms with Gasteiger partial charge in [-0.2, -0.15) is 0 Å². The van der Waals surface area contributed by atoms with E-state index in [1.165, 1.54) is 173 Å². The zero-order valence-electron chi connectivity index (χ0n) is 45.2. The van der Waals surface area contributed by atoms with E-state index in [1.807, 2.05) is 4.90 Å². The maximum Gasteiger partial charge on any atom is 0.306 e. The zero-order chi connectivity index (χ0) is 50.0. The van der Waals surface area contributed by atoms with Crippen LogP contribution in [0.1, 0.15) is 279 Å². The summed E-state index contributed by atoms with van der Waals surface area (Å²) >= 11 is 0. The van der Waals surface area contributed by atoms with Gasteiger partial charge in [0, 0.05) is 66.7 Å². The number of nitrogens with zero attached hydrogens (tertiary/aromatic N) is 1. The van der Waals surface area contributed by atoms with Gasteiger partial charge in [-0.1, -0.05) is 221 Å². The zero-order valence-corrected chi connectivity index (χ0v) is 45.2. The Hall–Kier alpha value is -2.04. The molecule has 0 saturated carbocycles. The van der Waals surface area contributed by atoms with E-state index in [2.05, 4.69) is 44.7 Å². The van der Waals surface area contributed by atoms with Gasteiger partial charge in [-0.25, -0.2) is 0 Å². The van der Waals surface area contributed by atoms with Crippen molar-refractivity contribution in [3.8, 4) is 0 Å². The molecule has 10 heteroatoms. The lowest BCUT2D eigenvalue weighted by atomic mass is 10.0. The molecule has 0 aromatic carbocycles. The molecule has 1 unspecified atom stereocenters. The summed E-state index contributed by atoms with van der Waals surface area (Å²) in [5.41, 5.74) is 0. The maximum atomic E-state index is 12.5. The van der Waals surface area contributed by atoms with Gasteiger partial charge in [-0.15, -0.1) is 0 Å². The van der Waals surface area contributed by atoms with Crippen LogP contribution in [0.3, 0.4) is 0 Å². The Morgan fingerprint density at radius 2 is 0.970 bits per heavy atom. The normalized spacial score (nSPS) is 12.7. The average molecular weight is 944 g/mol. The van der Waals surface area contributed by atoms with E-state index in [4.69, 9.17) is 14.9 Å². The van der Waals surface area contributed by atoms with Gasteiger partial charge in [-0.3, -0.25) is 14.4 Å². The molecule has 3 N–H and O–H groups in total. The monoisotopic (exact) mass is 943 g/mol. The van der Waals surface area contributed by atoms with Crippen molar-refractivity contribution in [2.45, 2.75) is 285 Å². The minimum atomic E-state index is -0.345. The molecule has 0 bridgehead atoms. The van der Waals surface area contributed by atoms with Crippen LogP contribution < -0.4 is 5.32 Å². The summed E-state index contributed by atoms with van der Waals surface area (Å²) in [7, 11) is 4.25. The van der Waals surface area contributed by atoms with Gasteiger partial charge < -0.3 is 34.7 Å². The van der Waals surface area contributed by atoms with Gasteiger partial charge in [0.25, 0.3) is 0 Å². The molecule has 1 atom stereocenters. The van der Waals surface area contributed by atoms with Crippen LogP contribution in [0.4, 0.5) is 0 Å². The van der Waals surface area contributed by atoms with Crippen LogP contribution >= 0.6 is 0 Å².